The molecule has 8 aromatic carbocycles. The summed E-state index contributed by atoms with van der Waals surface area (Å²) in [5.74, 6) is -1.03. The number of rotatable bonds is 21. The highest BCUT2D eigenvalue weighted by molar-refractivity contribution is 6.23. The third-order valence-electron chi connectivity index (χ3n) is 26.2. The molecule has 0 radical (unpaired) electrons. The fourth-order valence-electron chi connectivity index (χ4n) is 19.6. The van der Waals surface area contributed by atoms with Gasteiger partial charge in [0, 0.05) is 125 Å². The van der Waals surface area contributed by atoms with Crippen molar-refractivity contribution >= 4 is 71.2 Å². The highest BCUT2D eigenvalue weighted by Gasteiger charge is 2.46. The topological polar surface area (TPSA) is 302 Å². The van der Waals surface area contributed by atoms with Crippen molar-refractivity contribution in [3.8, 4) is 23.0 Å². The first-order valence-corrected chi connectivity index (χ1v) is 42.3. The van der Waals surface area contributed by atoms with Gasteiger partial charge in [0.25, 0.3) is 11.8 Å². The van der Waals surface area contributed by atoms with E-state index >= 15 is 0 Å². The summed E-state index contributed by atoms with van der Waals surface area (Å²) in [6, 6.07) is 61.4. The van der Waals surface area contributed by atoms with Gasteiger partial charge in [-0.3, -0.25) is 54.1 Å². The van der Waals surface area contributed by atoms with Crippen molar-refractivity contribution in [2.24, 2.45) is 17.6 Å². The molecular weight excluding hydrogens is 1520 g/mol. The number of phenols is 2. The summed E-state index contributed by atoms with van der Waals surface area (Å²) in [4.78, 5) is 106. The van der Waals surface area contributed by atoms with E-state index < -0.39 is 47.7 Å². The summed E-state index contributed by atoms with van der Waals surface area (Å²) in [5, 5.41) is 43.6. The number of aromatic carboxylic acids is 2. The van der Waals surface area contributed by atoms with Crippen molar-refractivity contribution in [1.29, 1.82) is 0 Å². The molecule has 2 unspecified atom stereocenters. The summed E-state index contributed by atoms with van der Waals surface area (Å²) in [6.07, 6.45) is 13.2. The van der Waals surface area contributed by atoms with Gasteiger partial charge in [-0.2, -0.15) is 0 Å². The van der Waals surface area contributed by atoms with Crippen molar-refractivity contribution in [1.82, 2.24) is 25.3 Å². The predicted molar refractivity (Wildman–Crippen MR) is 457 cm³/mol. The number of carboxylic acid groups (broad SMARTS) is 2. The van der Waals surface area contributed by atoms with E-state index in [1.807, 2.05) is 24.3 Å². The van der Waals surface area contributed by atoms with E-state index in [2.05, 4.69) is 179 Å². The highest BCUT2D eigenvalue weighted by atomic mass is 35.5. The first kappa shape index (κ1) is 84.5. The van der Waals surface area contributed by atoms with Crippen molar-refractivity contribution in [3.63, 3.8) is 0 Å². The van der Waals surface area contributed by atoms with Gasteiger partial charge in [0.1, 0.15) is 41.2 Å². The Balaban J connectivity index is 0.000000176. The molecule has 22 nitrogen and oxygen atoms in total. The number of nitrogens with zero attached hydrogens (tertiary/aromatic N) is 5. The summed E-state index contributed by atoms with van der Waals surface area (Å²) < 4.78 is 12.4. The lowest BCUT2D eigenvalue weighted by Crippen LogP contribution is -2.54. The smallest absolute Gasteiger partial charge is 0.336 e. The molecule has 8 N–H and O–H groups in total. The molecule has 9 aliphatic rings. The Morgan fingerprint density at radius 3 is 1.32 bits per heavy atom. The van der Waals surface area contributed by atoms with Gasteiger partial charge in [0.05, 0.1) is 28.3 Å². The zero-order valence-electron chi connectivity index (χ0n) is 68.1. The maximum Gasteiger partial charge on any atom is 0.336 e. The molecule has 4 aliphatic carbocycles. The molecule has 23 heteroatoms. The molecule has 5 aliphatic heterocycles. The molecule has 2 saturated carbocycles. The Morgan fingerprint density at radius 2 is 0.891 bits per heavy atom. The van der Waals surface area contributed by atoms with Gasteiger partial charge in [-0.1, -0.05) is 97.1 Å². The Kier molecular flexibility index (Phi) is 26.4. The summed E-state index contributed by atoms with van der Waals surface area (Å²) in [5.41, 5.74) is 18.4. The van der Waals surface area contributed by atoms with Crippen LogP contribution in [0.5, 0.6) is 23.0 Å². The lowest BCUT2D eigenvalue weighted by atomic mass is 9.69. The normalized spacial score (nSPS) is 23.6. The number of piperidine rings is 4. The largest absolute Gasteiger partial charge is 0.508 e. The van der Waals surface area contributed by atoms with Gasteiger partial charge in [-0.25, -0.2) is 9.59 Å². The summed E-state index contributed by atoms with van der Waals surface area (Å²) in [7, 11) is 0. The van der Waals surface area contributed by atoms with Gasteiger partial charge >= 0.3 is 11.9 Å². The first-order chi connectivity index (χ1) is 56.9. The highest BCUT2D eigenvalue weighted by Crippen LogP contribution is 2.50. The van der Waals surface area contributed by atoms with Crippen molar-refractivity contribution < 1.29 is 68.3 Å². The van der Waals surface area contributed by atoms with Crippen molar-refractivity contribution in [2.45, 2.75) is 203 Å². The number of hydrogen-bond donors (Lipinski definition) is 7. The van der Waals surface area contributed by atoms with Gasteiger partial charge < -0.3 is 45.4 Å². The molecule has 6 amide bonds. The van der Waals surface area contributed by atoms with Gasteiger partial charge in [-0.05, 0) is 245 Å². The minimum atomic E-state index is -1.27. The SMILES string of the molecule is CC(C)N(CC1CCN(c2ccc([C@@H]3c4ccc(O)cc4CC[C@@H]3c3ccccc3)cc2)CC1)C1CC(Oc2ccc(C(=O)O)c(C(=O)O)c2)C1.CC(C)N(CC1CCN(c2ccc([C@@H]3c4ccc(O)cc4CC[C@@H]3c3ccccc3)cc2)CC1)C1CC(Oc2ccc3c(c2)C(=O)N(C2CCC(=O)NC2=O)C3=O)C1.Cl.NC1CCC(=O)NC1=O. The molecule has 0 aromatic heterocycles. The molecule has 0 spiro atoms. The van der Waals surface area contributed by atoms with Gasteiger partial charge in [0.15, 0.2) is 0 Å². The number of carbonyl (C=O) groups excluding carboxylic acids is 6. The third-order valence-corrected chi connectivity index (χ3v) is 26.2. The Hall–Kier alpha value is -10.9. The molecule has 119 heavy (non-hydrogen) atoms. The van der Waals surface area contributed by atoms with Gasteiger partial charge in [-0.15, -0.1) is 12.4 Å². The summed E-state index contributed by atoms with van der Waals surface area (Å²) >= 11 is 0. The number of phenolic OH excluding ortho intramolecular Hbond substituents is 2. The van der Waals surface area contributed by atoms with Crippen LogP contribution in [0.4, 0.5) is 11.4 Å². The second-order valence-corrected chi connectivity index (χ2v) is 34.2. The van der Waals surface area contributed by atoms with Crippen LogP contribution in [-0.4, -0.2) is 170 Å². The predicted octanol–water partition coefficient (Wildman–Crippen LogP) is 14.6. The number of imide groups is 3. The van der Waals surface area contributed by atoms with Crippen LogP contribution in [0.25, 0.3) is 0 Å². The van der Waals surface area contributed by atoms with Crippen LogP contribution in [0.1, 0.15) is 227 Å². The lowest BCUT2D eigenvalue weighted by Gasteiger charge is -2.46. The number of nitrogens with two attached hydrogens (primary N) is 1. The van der Waals surface area contributed by atoms with Gasteiger partial charge in [0.2, 0.25) is 23.6 Å². The van der Waals surface area contributed by atoms with Crippen LogP contribution >= 0.6 is 12.4 Å². The number of amides is 6. The average Bonchev–Trinajstić information content (AvgIpc) is 1.58. The number of nitrogens with one attached hydrogen (secondary N) is 2. The number of carboxylic acids is 2. The van der Waals surface area contributed by atoms with E-state index in [9.17, 15) is 58.8 Å². The third kappa shape index (κ3) is 19.1. The molecule has 17 rings (SSSR count). The number of hydrogen-bond acceptors (Lipinski definition) is 17. The maximum atomic E-state index is 13.3. The number of carbonyl (C=O) groups is 8. The standard InChI is InChI=1S/C48H52N4O6.C43H48N2O6.C5H8N2O2.ClH/c1-29(2)51(35-25-38(26-35)58-37-14-17-41-42(27-37)48(57)52(47(41)56)43-18-19-44(54)49-46(43)55)28-30-20-22-50(23-21-30)34-11-8-32(9-12-34)45-39(31-6-4-3-5-7-31)15-10-33-24-36(53)13-16-40(33)45;1-27(2)45(33-23-36(24-33)51-35-14-17-39(42(47)48)40(25-35)43(49)50)26-28-18-20-44(21-19-28)32-11-8-30(9-12-32)41-37(29-6-4-3-5-7-29)15-10-31-22-34(46)13-16-38(31)41;6-3-1-2-4(8)7-5(3)9;/h3-9,11-14,16-17,24,27,29-30,35,38-39,43,45,53H,10,15,18-23,25-26,28H2,1-2H3,(H,49,54,55);3-9,11-14,16-17,22,25,27-28,33,36-37,41,46H,10,15,18-21,23-24,26H2,1-2H3,(H,47,48)(H,49,50);3H,1-2,6H2,(H,7,8,9);1H/t35?,38?,39-,43?,45+;33?,36?,37-,41+;;/m11../s1. The molecule has 0 bridgehead atoms. The Morgan fingerprint density at radius 1 is 0.462 bits per heavy atom. The van der Waals surface area contributed by atoms with Crippen LogP contribution in [0, 0.1) is 11.8 Å². The fraction of sp³-hybridized carbons (Fsp3) is 0.417. The first-order valence-electron chi connectivity index (χ1n) is 42.3. The number of fused-ring (bicyclic) bond motifs is 3. The number of anilines is 2. The molecule has 6 fully saturated rings. The van der Waals surface area contributed by atoms with Crippen molar-refractivity contribution in [2.75, 3.05) is 49.1 Å². The molecule has 4 saturated heterocycles. The molecule has 5 heterocycles. The number of aromatic hydroxyl groups is 2. The number of ether oxygens (including phenoxy) is 2. The minimum absolute atomic E-state index is 0. The van der Waals surface area contributed by atoms with E-state index in [1.165, 1.54) is 68.0 Å². The van der Waals surface area contributed by atoms with E-state index in [0.717, 1.165) is 121 Å². The molecule has 6 atom stereocenters. The van der Waals surface area contributed by atoms with Crippen LogP contribution in [0.15, 0.2) is 182 Å². The number of halogens is 1. The zero-order valence-corrected chi connectivity index (χ0v) is 68.9. The van der Waals surface area contributed by atoms with Crippen LogP contribution in [-0.2, 0) is 32.0 Å². The molecule has 624 valence electrons. The minimum Gasteiger partial charge on any atom is -0.508 e. The van der Waals surface area contributed by atoms with E-state index in [1.54, 1.807) is 24.3 Å². The quantitative estimate of drug-likeness (QED) is 0.0329. The number of benzene rings is 8. The Bertz CT molecular complexity index is 5000. The maximum absolute atomic E-state index is 13.3. The van der Waals surface area contributed by atoms with Crippen LogP contribution in [0.2, 0.25) is 0 Å². The Labute approximate surface area is 701 Å². The molecular formula is C96H109ClN8O14. The van der Waals surface area contributed by atoms with E-state index in [0.29, 0.717) is 83.7 Å². The van der Waals surface area contributed by atoms with E-state index in [4.69, 9.17) is 15.2 Å². The lowest BCUT2D eigenvalue weighted by molar-refractivity contribution is -0.137. The van der Waals surface area contributed by atoms with E-state index in [-0.39, 0.29) is 83.4 Å². The van der Waals surface area contributed by atoms with Crippen molar-refractivity contribution in [3.05, 3.63) is 249 Å². The van der Waals surface area contributed by atoms with Crippen LogP contribution < -0.4 is 35.6 Å². The fourth-order valence-corrected chi connectivity index (χ4v) is 19.6. The number of aryl methyl sites for hydroxylation is 2. The van der Waals surface area contributed by atoms with Crippen LogP contribution in [0.3, 0.4) is 0 Å². The second kappa shape index (κ2) is 37.2. The summed E-state index contributed by atoms with van der Waals surface area (Å²) in [6.45, 7) is 15.3. The average molecular weight is 1630 g/mol. The molecule has 8 aromatic rings. The monoisotopic (exact) mass is 1630 g/mol. The zero-order chi connectivity index (χ0) is 82.6. The second-order valence-electron chi connectivity index (χ2n) is 34.2.